The number of sulfonamides is 1. The van der Waals surface area contributed by atoms with Crippen LogP contribution in [0.3, 0.4) is 0 Å². The predicted molar refractivity (Wildman–Crippen MR) is 156 cm³/mol. The van der Waals surface area contributed by atoms with Crippen molar-refractivity contribution in [2.24, 2.45) is 5.92 Å². The molecule has 1 aromatic heterocycles. The number of amides is 2. The largest absolute Gasteiger partial charge is 0.368 e. The monoisotopic (exact) mass is 576 g/mol. The maximum Gasteiger partial charge on any atom is 0.242 e. The molecule has 1 fully saturated rings. The summed E-state index contributed by atoms with van der Waals surface area (Å²) in [5.74, 6) is -0.321. The van der Waals surface area contributed by atoms with Crippen LogP contribution < -0.4 is 15.8 Å². The van der Waals surface area contributed by atoms with Crippen molar-refractivity contribution < 1.29 is 18.0 Å². The first kappa shape index (κ1) is 28.7. The highest BCUT2D eigenvalue weighted by molar-refractivity contribution is 7.88. The van der Waals surface area contributed by atoms with Gasteiger partial charge in [0.15, 0.2) is 0 Å². The van der Waals surface area contributed by atoms with Gasteiger partial charge in [-0.2, -0.15) is 0 Å². The van der Waals surface area contributed by atoms with Gasteiger partial charge < -0.3 is 16.0 Å². The Morgan fingerprint density at radius 3 is 2.46 bits per heavy atom. The molecule has 0 bridgehead atoms. The molecule has 1 aliphatic heterocycles. The van der Waals surface area contributed by atoms with Crippen molar-refractivity contribution in [3.63, 3.8) is 0 Å². The van der Waals surface area contributed by atoms with Crippen molar-refractivity contribution in [1.82, 2.24) is 24.9 Å². The Bertz CT molecular complexity index is 1470. The topological polar surface area (TPSA) is 147 Å². The molecule has 1 saturated heterocycles. The summed E-state index contributed by atoms with van der Waals surface area (Å²) in [7, 11) is -3.83. The summed E-state index contributed by atoms with van der Waals surface area (Å²) in [6, 6.07) is 16.5. The van der Waals surface area contributed by atoms with Gasteiger partial charge in [0.25, 0.3) is 0 Å². The first-order valence-electron chi connectivity index (χ1n) is 14.0. The molecule has 3 unspecified atom stereocenters. The molecule has 2 aliphatic rings. The lowest BCUT2D eigenvalue weighted by Gasteiger charge is -2.30. The third-order valence-corrected chi connectivity index (χ3v) is 9.13. The number of nitrogens with zero attached hydrogens (tertiary/aromatic N) is 3. The van der Waals surface area contributed by atoms with E-state index in [1.165, 1.54) is 0 Å². The number of nitrogens with one attached hydrogen (secondary N) is 2. The number of anilines is 1. The summed E-state index contributed by atoms with van der Waals surface area (Å²) in [6.07, 6.45) is 5.56. The number of aryl methyl sites for hydroxylation is 1. The lowest BCUT2D eigenvalue weighted by atomic mass is 9.87. The molecular formula is C30H36N6O4S. The molecule has 1 aliphatic carbocycles. The van der Waals surface area contributed by atoms with Crippen molar-refractivity contribution in [1.29, 1.82) is 0 Å². The number of rotatable bonds is 10. The summed E-state index contributed by atoms with van der Waals surface area (Å²) < 4.78 is 28.9. The Hall–Kier alpha value is -3.83. The number of carbonyl (C=O) groups excluding carboxylic acids is 2. The molecule has 3 aromatic rings. The van der Waals surface area contributed by atoms with Crippen molar-refractivity contribution in [3.8, 4) is 0 Å². The summed E-state index contributed by atoms with van der Waals surface area (Å²) in [6.45, 7) is 0.885. The predicted octanol–water partition coefficient (Wildman–Crippen LogP) is 2.00. The molecule has 11 heteroatoms. The fourth-order valence-electron chi connectivity index (χ4n) is 5.72. The highest BCUT2D eigenvalue weighted by Crippen LogP contribution is 2.25. The summed E-state index contributed by atoms with van der Waals surface area (Å²) in [4.78, 5) is 37.1. The fraction of sp³-hybridized carbons (Fsp3) is 0.400. The van der Waals surface area contributed by atoms with Gasteiger partial charge >= 0.3 is 0 Å². The van der Waals surface area contributed by atoms with Crippen LogP contribution in [0.15, 0.2) is 66.9 Å². The van der Waals surface area contributed by atoms with E-state index in [2.05, 4.69) is 20.0 Å². The minimum atomic E-state index is -3.83. The van der Waals surface area contributed by atoms with Gasteiger partial charge in [-0.15, -0.1) is 0 Å². The van der Waals surface area contributed by atoms with Crippen LogP contribution in [0.1, 0.15) is 41.6 Å². The van der Waals surface area contributed by atoms with E-state index in [-0.39, 0.29) is 35.9 Å². The molecule has 0 saturated carbocycles. The number of likely N-dealkylation sites (tertiary alicyclic amines) is 1. The molecule has 10 nitrogen and oxygen atoms in total. The minimum Gasteiger partial charge on any atom is -0.368 e. The average molecular weight is 577 g/mol. The van der Waals surface area contributed by atoms with Crippen LogP contribution in [0.25, 0.3) is 0 Å². The van der Waals surface area contributed by atoms with Crippen molar-refractivity contribution in [3.05, 3.63) is 89.2 Å². The molecule has 2 amide bonds. The molecule has 2 aromatic carbocycles. The smallest absolute Gasteiger partial charge is 0.242 e. The van der Waals surface area contributed by atoms with E-state index in [9.17, 15) is 18.0 Å². The van der Waals surface area contributed by atoms with Gasteiger partial charge in [0.1, 0.15) is 12.1 Å². The first-order valence-corrected chi connectivity index (χ1v) is 15.7. The third-order valence-electron chi connectivity index (χ3n) is 7.78. The Morgan fingerprint density at radius 2 is 1.73 bits per heavy atom. The Balaban J connectivity index is 1.25. The maximum atomic E-state index is 13.9. The summed E-state index contributed by atoms with van der Waals surface area (Å²) in [5.41, 5.74) is 9.18. The molecule has 2 heterocycles. The second-order valence-electron chi connectivity index (χ2n) is 10.8. The van der Waals surface area contributed by atoms with Crippen LogP contribution in [0.5, 0.6) is 0 Å². The van der Waals surface area contributed by atoms with Crippen molar-refractivity contribution >= 4 is 27.8 Å². The van der Waals surface area contributed by atoms with Crippen LogP contribution in [0, 0.1) is 5.92 Å². The first-order chi connectivity index (χ1) is 19.8. The Labute approximate surface area is 240 Å². The minimum absolute atomic E-state index is 0.187. The van der Waals surface area contributed by atoms with E-state index in [1.54, 1.807) is 35.4 Å². The van der Waals surface area contributed by atoms with E-state index in [4.69, 9.17) is 5.73 Å². The van der Waals surface area contributed by atoms with Crippen LogP contribution in [0.4, 0.5) is 5.95 Å². The van der Waals surface area contributed by atoms with Crippen molar-refractivity contribution in [2.45, 2.75) is 56.4 Å². The van der Waals surface area contributed by atoms with Gasteiger partial charge in [-0.25, -0.2) is 23.1 Å². The second kappa shape index (κ2) is 12.8. The molecule has 5 rings (SSSR count). The molecule has 41 heavy (non-hydrogen) atoms. The standard InChI is InChI=1S/C30H36N6O4S/c31-30-33-19-24-16-23(13-14-25(24)34-30)18-32-28(37)27-12-7-15-36(27)29(38)26(17-21-8-3-1-4-9-21)35-41(39,40)20-22-10-5-2-6-11-22/h1-6,8-11,19,23,26-27,35H,7,12-18,20H2,(H,32,37)(H2,31,33,34). The van der Waals surface area contributed by atoms with Crippen LogP contribution in [0.2, 0.25) is 0 Å². The van der Waals surface area contributed by atoms with E-state index in [0.29, 0.717) is 31.5 Å². The molecule has 3 atom stereocenters. The van der Waals surface area contributed by atoms with E-state index < -0.39 is 22.1 Å². The van der Waals surface area contributed by atoms with Gasteiger partial charge in [0, 0.05) is 25.0 Å². The number of carbonyl (C=O) groups is 2. The molecule has 216 valence electrons. The van der Waals surface area contributed by atoms with Gasteiger partial charge in [0.2, 0.25) is 27.8 Å². The summed E-state index contributed by atoms with van der Waals surface area (Å²) >= 11 is 0. The maximum absolute atomic E-state index is 13.9. The Kier molecular flexibility index (Phi) is 8.94. The zero-order chi connectivity index (χ0) is 28.8. The average Bonchev–Trinajstić information content (AvgIpc) is 3.46. The third kappa shape index (κ3) is 7.47. The van der Waals surface area contributed by atoms with E-state index >= 15 is 0 Å². The fourth-order valence-corrected chi connectivity index (χ4v) is 7.05. The molecule has 4 N–H and O–H groups in total. The summed E-state index contributed by atoms with van der Waals surface area (Å²) in [5, 5.41) is 3.05. The highest BCUT2D eigenvalue weighted by atomic mass is 32.2. The quantitative estimate of drug-likeness (QED) is 0.334. The molecular weight excluding hydrogens is 540 g/mol. The zero-order valence-corrected chi connectivity index (χ0v) is 23.7. The molecule has 0 radical (unpaired) electrons. The van der Waals surface area contributed by atoms with Crippen LogP contribution in [-0.2, 0) is 44.6 Å². The van der Waals surface area contributed by atoms with Gasteiger partial charge in [-0.3, -0.25) is 9.59 Å². The van der Waals surface area contributed by atoms with Gasteiger partial charge in [-0.05, 0) is 61.1 Å². The number of nitrogen functional groups attached to an aromatic ring is 1. The lowest BCUT2D eigenvalue weighted by molar-refractivity contribution is -0.139. The number of hydrogen-bond acceptors (Lipinski definition) is 7. The van der Waals surface area contributed by atoms with Gasteiger partial charge in [-0.1, -0.05) is 60.7 Å². The van der Waals surface area contributed by atoms with Crippen molar-refractivity contribution in [2.75, 3.05) is 18.8 Å². The lowest BCUT2D eigenvalue weighted by Crippen LogP contribution is -2.54. The van der Waals surface area contributed by atoms with E-state index in [1.807, 2.05) is 36.4 Å². The Morgan fingerprint density at radius 1 is 1.02 bits per heavy atom. The number of fused-ring (bicyclic) bond motifs is 1. The van der Waals surface area contributed by atoms with Gasteiger partial charge in [0.05, 0.1) is 5.75 Å². The number of nitrogens with two attached hydrogens (primary N) is 1. The second-order valence-corrected chi connectivity index (χ2v) is 12.6. The number of hydrogen-bond donors (Lipinski definition) is 3. The molecule has 0 spiro atoms. The highest BCUT2D eigenvalue weighted by Gasteiger charge is 2.38. The van der Waals surface area contributed by atoms with Crippen LogP contribution in [-0.4, -0.2) is 60.3 Å². The normalized spacial score (nSPS) is 19.4. The SMILES string of the molecule is Nc1ncc2c(n1)CCC(CNC(=O)C1CCCN1C(=O)C(Cc1ccccc1)NS(=O)(=O)Cc1ccccc1)C2. The zero-order valence-electron chi connectivity index (χ0n) is 22.9. The van der Waals surface area contributed by atoms with Crippen LogP contribution >= 0.6 is 0 Å². The van der Waals surface area contributed by atoms with E-state index in [0.717, 1.165) is 36.1 Å². The number of benzene rings is 2. The number of aromatic nitrogens is 2.